The number of carbonyl (C=O) groups excluding carboxylic acids is 5. The molecule has 0 aromatic heterocycles. The van der Waals surface area contributed by atoms with Gasteiger partial charge in [0.25, 0.3) is 0 Å². The number of hydrogen-bond acceptors (Lipinski definition) is 9. The van der Waals surface area contributed by atoms with Crippen LogP contribution in [0.5, 0.6) is 0 Å². The Morgan fingerprint density at radius 2 is 1.21 bits per heavy atom. The van der Waals surface area contributed by atoms with Crippen LogP contribution in [-0.2, 0) is 23.9 Å². The molecule has 0 saturated heterocycles. The summed E-state index contributed by atoms with van der Waals surface area (Å²) in [6.07, 6.45) is -0.302. The van der Waals surface area contributed by atoms with E-state index in [9.17, 15) is 34.2 Å². The van der Waals surface area contributed by atoms with E-state index in [-0.39, 0.29) is 42.5 Å². The third-order valence-corrected chi connectivity index (χ3v) is 7.66. The van der Waals surface area contributed by atoms with E-state index in [1.807, 2.05) is 47.8 Å². The van der Waals surface area contributed by atoms with Crippen LogP contribution in [0.1, 0.15) is 102 Å². The third kappa shape index (κ3) is 19.1. The number of amides is 5. The molecule has 0 aliphatic carbocycles. The molecule has 7 N–H and O–H groups in total. The molecule has 0 aliphatic heterocycles. The molecule has 0 heterocycles. The van der Waals surface area contributed by atoms with Gasteiger partial charge in [0.15, 0.2) is 0 Å². The van der Waals surface area contributed by atoms with Gasteiger partial charge in [0.2, 0.25) is 23.6 Å². The monoisotopic (exact) mass is 689 g/mol. The average molecular weight is 690 g/mol. The van der Waals surface area contributed by atoms with Crippen LogP contribution < -0.4 is 26.6 Å². The number of nitrogens with one attached hydrogen (secondary N) is 5. The number of thioether (sulfide) groups is 1. The van der Waals surface area contributed by atoms with Crippen LogP contribution in [0.15, 0.2) is 0 Å². The molecule has 5 amide bonds. The van der Waals surface area contributed by atoms with Crippen molar-refractivity contribution >= 4 is 41.5 Å². The summed E-state index contributed by atoms with van der Waals surface area (Å²) in [5.74, 6) is -1.87. The summed E-state index contributed by atoms with van der Waals surface area (Å²) in [6, 6.07) is -3.96. The molecule has 7 atom stereocenters. The fourth-order valence-corrected chi connectivity index (χ4v) is 5.22. The minimum atomic E-state index is -1.38. The van der Waals surface area contributed by atoms with Crippen LogP contribution in [0.25, 0.3) is 0 Å². The highest BCUT2D eigenvalue weighted by Crippen LogP contribution is 2.17. The molecule has 0 rings (SSSR count). The number of aliphatic hydroxyl groups excluding tert-OH is 2. The first-order valence-electron chi connectivity index (χ1n) is 16.6. The van der Waals surface area contributed by atoms with Crippen LogP contribution in [0, 0.1) is 17.8 Å². The van der Waals surface area contributed by atoms with Crippen molar-refractivity contribution in [2.24, 2.45) is 17.8 Å². The van der Waals surface area contributed by atoms with E-state index < -0.39 is 65.8 Å². The Morgan fingerprint density at radius 1 is 0.681 bits per heavy atom. The van der Waals surface area contributed by atoms with E-state index in [0.717, 1.165) is 0 Å². The number of aliphatic hydroxyl groups is 2. The van der Waals surface area contributed by atoms with E-state index in [0.29, 0.717) is 18.6 Å². The molecule has 0 bridgehead atoms. The van der Waals surface area contributed by atoms with Crippen molar-refractivity contribution in [3.63, 3.8) is 0 Å². The third-order valence-electron chi connectivity index (χ3n) is 7.01. The van der Waals surface area contributed by atoms with Crippen molar-refractivity contribution < 1.29 is 38.9 Å². The minimum absolute atomic E-state index is 0.0233. The van der Waals surface area contributed by atoms with E-state index >= 15 is 0 Å². The number of alkyl carbamates (subject to hydrolysis) is 1. The normalized spacial score (nSPS) is 16.4. The second-order valence-electron chi connectivity index (χ2n) is 14.5. The van der Waals surface area contributed by atoms with Gasteiger partial charge in [0.05, 0.1) is 18.2 Å². The molecular weight excluding hydrogens is 626 g/mol. The van der Waals surface area contributed by atoms with Gasteiger partial charge >= 0.3 is 6.09 Å². The van der Waals surface area contributed by atoms with Crippen LogP contribution in [0.4, 0.5) is 4.79 Å². The van der Waals surface area contributed by atoms with E-state index in [1.54, 1.807) is 27.7 Å². The minimum Gasteiger partial charge on any atom is -0.444 e. The van der Waals surface area contributed by atoms with Gasteiger partial charge in [-0.1, -0.05) is 34.6 Å². The average Bonchev–Trinajstić information content (AvgIpc) is 2.90. The van der Waals surface area contributed by atoms with Crippen LogP contribution in [0.2, 0.25) is 0 Å². The largest absolute Gasteiger partial charge is 0.444 e. The predicted octanol–water partition coefficient (Wildman–Crippen LogP) is 2.47. The summed E-state index contributed by atoms with van der Waals surface area (Å²) < 4.78 is 5.21. The molecule has 0 aromatic carbocycles. The highest BCUT2D eigenvalue weighted by molar-refractivity contribution is 7.98. The molecule has 0 unspecified atom stereocenters. The van der Waals surface area contributed by atoms with Crippen molar-refractivity contribution in [1.29, 1.82) is 0 Å². The lowest BCUT2D eigenvalue weighted by Gasteiger charge is -2.30. The first-order valence-corrected chi connectivity index (χ1v) is 18.0. The lowest BCUT2D eigenvalue weighted by molar-refractivity contribution is -0.133. The van der Waals surface area contributed by atoms with Gasteiger partial charge in [-0.05, 0) is 91.1 Å². The molecule has 0 spiro atoms. The smallest absolute Gasteiger partial charge is 0.408 e. The van der Waals surface area contributed by atoms with E-state index in [4.69, 9.17) is 4.74 Å². The highest BCUT2D eigenvalue weighted by atomic mass is 32.2. The standard InChI is InChI=1S/C33H63N5O8S/c1-18(2)15-24(26(40)17-21(7)28(41)37-25(16-19(3)4)30(43)34-20(5)6)36-29(42)23(13-14-47-12)35-31(44)27(22(8)39)38-32(45)46-33(9,10)11/h18-27,39-40H,13-17H2,1-12H3,(H,34,43)(H,35,44)(H,36,42)(H,37,41)(H,38,45)/t21-,22+,23+,24+,25+,26+,27+/m1/s1. The van der Waals surface area contributed by atoms with Gasteiger partial charge in [-0.3, -0.25) is 19.2 Å². The highest BCUT2D eigenvalue weighted by Gasteiger charge is 2.34. The molecular formula is C33H63N5O8S. The van der Waals surface area contributed by atoms with Crippen molar-refractivity contribution in [3.05, 3.63) is 0 Å². The Morgan fingerprint density at radius 3 is 1.68 bits per heavy atom. The fourth-order valence-electron chi connectivity index (χ4n) is 4.74. The zero-order valence-electron chi connectivity index (χ0n) is 30.6. The number of hydrogen-bond donors (Lipinski definition) is 7. The predicted molar refractivity (Wildman–Crippen MR) is 186 cm³/mol. The maximum absolute atomic E-state index is 13.6. The Balaban J connectivity index is 5.79. The number of ether oxygens (including phenoxy) is 1. The lowest BCUT2D eigenvalue weighted by Crippen LogP contribution is -2.59. The van der Waals surface area contributed by atoms with Crippen LogP contribution in [-0.4, -0.2) is 100.0 Å². The lowest BCUT2D eigenvalue weighted by atomic mass is 9.91. The molecule has 0 radical (unpaired) electrons. The van der Waals surface area contributed by atoms with Crippen LogP contribution in [0.3, 0.4) is 0 Å². The van der Waals surface area contributed by atoms with Crippen LogP contribution >= 0.6 is 11.8 Å². The number of carbonyl (C=O) groups is 5. The van der Waals surface area contributed by atoms with Gasteiger partial charge in [-0.15, -0.1) is 0 Å². The fraction of sp³-hybridized carbons (Fsp3) is 0.848. The van der Waals surface area contributed by atoms with Crippen molar-refractivity contribution in [2.45, 2.75) is 150 Å². The van der Waals surface area contributed by atoms with Crippen molar-refractivity contribution in [2.75, 3.05) is 12.0 Å². The van der Waals surface area contributed by atoms with E-state index in [2.05, 4.69) is 26.6 Å². The summed E-state index contributed by atoms with van der Waals surface area (Å²) in [5, 5.41) is 35.1. The second-order valence-corrected chi connectivity index (χ2v) is 15.5. The van der Waals surface area contributed by atoms with Gasteiger partial charge < -0.3 is 41.5 Å². The summed E-state index contributed by atoms with van der Waals surface area (Å²) in [4.78, 5) is 65.0. The Hall–Kier alpha value is -2.58. The molecule has 0 fully saturated rings. The van der Waals surface area contributed by atoms with Gasteiger partial charge in [-0.2, -0.15) is 11.8 Å². The quantitative estimate of drug-likeness (QED) is 0.101. The zero-order chi connectivity index (χ0) is 36.6. The topological polar surface area (TPSA) is 195 Å². The molecule has 14 heteroatoms. The Bertz CT molecular complexity index is 1000. The molecule has 13 nitrogen and oxygen atoms in total. The molecule has 0 aromatic rings. The molecule has 47 heavy (non-hydrogen) atoms. The second kappa shape index (κ2) is 21.4. The molecule has 274 valence electrons. The first kappa shape index (κ1) is 44.4. The van der Waals surface area contributed by atoms with Crippen molar-refractivity contribution in [1.82, 2.24) is 26.6 Å². The van der Waals surface area contributed by atoms with Gasteiger partial charge in [0, 0.05) is 12.0 Å². The van der Waals surface area contributed by atoms with Gasteiger partial charge in [-0.25, -0.2) is 4.79 Å². The zero-order valence-corrected chi connectivity index (χ0v) is 31.4. The maximum atomic E-state index is 13.6. The summed E-state index contributed by atoms with van der Waals surface area (Å²) in [5.41, 5.74) is -0.826. The summed E-state index contributed by atoms with van der Waals surface area (Å²) in [7, 11) is 0. The van der Waals surface area contributed by atoms with Gasteiger partial charge in [0.1, 0.15) is 23.7 Å². The summed E-state index contributed by atoms with van der Waals surface area (Å²) >= 11 is 1.47. The van der Waals surface area contributed by atoms with E-state index in [1.165, 1.54) is 18.7 Å². The number of rotatable bonds is 20. The Kier molecular flexibility index (Phi) is 20.2. The SMILES string of the molecule is CSCC[C@H](NC(=O)[C@@H](NC(=O)OC(C)(C)C)[C@H](C)O)C(=O)N[C@@H](CC(C)C)[C@@H](O)C[C@@H](C)C(=O)N[C@@H](CC(C)C)C(=O)NC(C)C. The van der Waals surface area contributed by atoms with Crippen molar-refractivity contribution in [3.8, 4) is 0 Å². The maximum Gasteiger partial charge on any atom is 0.408 e. The molecule has 0 saturated carbocycles. The molecule has 0 aliphatic rings. The Labute approximate surface area is 286 Å². The summed E-state index contributed by atoms with van der Waals surface area (Å²) in [6.45, 7) is 19.5. The first-order chi connectivity index (χ1) is 21.6.